The Labute approximate surface area is 30.2 Å². The standard InChI is InChI=1S/CF2Se/c2-1(3)4. The quantitative estimate of drug-likeness (QED) is 0.409. The first-order chi connectivity index (χ1) is 1.73. The zero-order valence-electron chi connectivity index (χ0n) is 1.66. The molecule has 0 radical (unpaired) electrons. The zero-order chi connectivity index (χ0) is 3.58. The second-order valence-corrected chi connectivity index (χ2v) is 0.873. The van der Waals surface area contributed by atoms with Gasteiger partial charge in [-0.05, 0) is 0 Å². The van der Waals surface area contributed by atoms with Crippen LogP contribution in [0.15, 0.2) is 0 Å². The molecule has 0 spiro atoms. The summed E-state index contributed by atoms with van der Waals surface area (Å²) in [6.07, 6.45) is 0. The molecule has 0 saturated carbocycles. The van der Waals surface area contributed by atoms with Gasteiger partial charge < -0.3 is 0 Å². The number of hydrogen-bond acceptors (Lipinski definition) is 0. The topological polar surface area (TPSA) is 0 Å². The summed E-state index contributed by atoms with van der Waals surface area (Å²) in [5, 5.41) is 0. The van der Waals surface area contributed by atoms with Gasteiger partial charge >= 0.3 is 29.3 Å². The fourth-order valence-corrected chi connectivity index (χ4v) is 0. The van der Waals surface area contributed by atoms with Crippen molar-refractivity contribution < 1.29 is 8.78 Å². The van der Waals surface area contributed by atoms with Crippen molar-refractivity contribution in [1.82, 2.24) is 0 Å². The molecule has 0 aliphatic heterocycles. The van der Waals surface area contributed by atoms with E-state index in [9.17, 15) is 8.78 Å². The van der Waals surface area contributed by atoms with Crippen molar-refractivity contribution in [3.63, 3.8) is 0 Å². The van der Waals surface area contributed by atoms with E-state index in [0.717, 1.165) is 0 Å². The predicted octanol–water partition coefficient (Wildman–Crippen LogP) is 0.181. The molecule has 0 N–H and O–H groups in total. The Hall–Kier alpha value is 0.249. The van der Waals surface area contributed by atoms with Gasteiger partial charge in [-0.1, -0.05) is 0 Å². The molecule has 0 unspecified atom stereocenters. The number of hydrogen-bond donors (Lipinski definition) is 0. The van der Waals surface area contributed by atoms with Crippen LogP contribution in [0.25, 0.3) is 0 Å². The molecular weight excluding hydrogens is 129 g/mol. The van der Waals surface area contributed by atoms with Crippen molar-refractivity contribution in [2.24, 2.45) is 0 Å². The summed E-state index contributed by atoms with van der Waals surface area (Å²) in [7, 11) is 0. The molecule has 0 saturated heterocycles. The molecule has 0 nitrogen and oxygen atoms in total. The van der Waals surface area contributed by atoms with Crippen LogP contribution < -0.4 is 0 Å². The van der Waals surface area contributed by atoms with Gasteiger partial charge in [0.25, 0.3) is 0 Å². The normalized spacial score (nSPS) is 6.50. The van der Waals surface area contributed by atoms with Crippen LogP contribution >= 0.6 is 0 Å². The van der Waals surface area contributed by atoms with Crippen LogP contribution in [-0.4, -0.2) is 20.5 Å². The van der Waals surface area contributed by atoms with Crippen LogP contribution in [0.5, 0.6) is 0 Å². The molecule has 0 heterocycles. The number of halogens is 2. The monoisotopic (exact) mass is 130 g/mol. The van der Waals surface area contributed by atoms with Crippen molar-refractivity contribution in [2.75, 3.05) is 0 Å². The van der Waals surface area contributed by atoms with E-state index in [4.69, 9.17) is 0 Å². The SMILES string of the molecule is FC(F)=[Se]. The van der Waals surface area contributed by atoms with Crippen molar-refractivity contribution in [1.29, 1.82) is 0 Å². The van der Waals surface area contributed by atoms with E-state index in [2.05, 4.69) is 0 Å². The Morgan fingerprint density at radius 1 is 1.50 bits per heavy atom. The summed E-state index contributed by atoms with van der Waals surface area (Å²) in [4.78, 5) is -1.71. The van der Waals surface area contributed by atoms with E-state index in [1.807, 2.05) is 0 Å². The first-order valence-corrected chi connectivity index (χ1v) is 1.44. The molecule has 0 fully saturated rings. The summed E-state index contributed by atoms with van der Waals surface area (Å²) in [6.45, 7) is 0. The second kappa shape index (κ2) is 1.56. The van der Waals surface area contributed by atoms with E-state index >= 15 is 0 Å². The molecule has 24 valence electrons. The van der Waals surface area contributed by atoms with E-state index in [1.54, 1.807) is 0 Å². The van der Waals surface area contributed by atoms with Crippen molar-refractivity contribution in [3.05, 3.63) is 0 Å². The molecule has 0 aliphatic rings. The molecule has 0 atom stereocenters. The minimum absolute atomic E-state index is 1.49. The molecule has 0 aromatic carbocycles. The maximum absolute atomic E-state index is 10.2. The predicted molar refractivity (Wildman–Crippen MR) is 13.0 cm³/mol. The molecule has 0 aromatic heterocycles. The van der Waals surface area contributed by atoms with Gasteiger partial charge in [0.05, 0.1) is 0 Å². The van der Waals surface area contributed by atoms with E-state index in [1.165, 1.54) is 15.6 Å². The summed E-state index contributed by atoms with van der Waals surface area (Å²) in [6, 6.07) is 0. The summed E-state index contributed by atoms with van der Waals surface area (Å²) in [5.41, 5.74) is 0. The van der Waals surface area contributed by atoms with Gasteiger partial charge in [-0.15, -0.1) is 0 Å². The summed E-state index contributed by atoms with van der Waals surface area (Å²) < 4.78 is 20.4. The molecule has 0 aromatic rings. The zero-order valence-corrected chi connectivity index (χ0v) is 3.38. The Morgan fingerprint density at radius 3 is 1.50 bits per heavy atom. The van der Waals surface area contributed by atoms with Crippen molar-refractivity contribution in [2.45, 2.75) is 0 Å². The van der Waals surface area contributed by atoms with Crippen molar-refractivity contribution in [3.8, 4) is 0 Å². The Balaban J connectivity index is 2.80. The van der Waals surface area contributed by atoms with E-state index in [-0.39, 0.29) is 0 Å². The van der Waals surface area contributed by atoms with Gasteiger partial charge in [-0.2, -0.15) is 0 Å². The van der Waals surface area contributed by atoms with Gasteiger partial charge in [-0.25, -0.2) is 0 Å². The average molecular weight is 129 g/mol. The average Bonchev–Trinajstić information content (AvgIpc) is 0.811. The Bertz CT molecular complexity index is 29.0. The van der Waals surface area contributed by atoms with E-state index in [0.29, 0.717) is 0 Å². The fourth-order valence-electron chi connectivity index (χ4n) is 0. The molecule has 0 amide bonds. The number of rotatable bonds is 0. The molecular formula is CF2Se. The van der Waals surface area contributed by atoms with Gasteiger partial charge in [-0.3, -0.25) is 0 Å². The fraction of sp³-hybridized carbons (Fsp3) is 0. The molecule has 4 heavy (non-hydrogen) atoms. The van der Waals surface area contributed by atoms with Crippen LogP contribution in [0.4, 0.5) is 8.78 Å². The van der Waals surface area contributed by atoms with Crippen LogP contribution in [0.1, 0.15) is 0 Å². The van der Waals surface area contributed by atoms with Crippen molar-refractivity contribution >= 4 is 20.5 Å². The minimum atomic E-state index is -1.71. The van der Waals surface area contributed by atoms with Crippen LogP contribution in [-0.2, 0) is 0 Å². The maximum atomic E-state index is 10.2. The molecule has 0 aliphatic carbocycles. The molecule has 0 rings (SSSR count). The van der Waals surface area contributed by atoms with Gasteiger partial charge in [0.2, 0.25) is 0 Å². The third-order valence-corrected chi connectivity index (χ3v) is 0. The molecule has 0 bridgehead atoms. The Morgan fingerprint density at radius 2 is 1.50 bits per heavy atom. The first-order valence-electron chi connectivity index (χ1n) is 0.582. The third-order valence-electron chi connectivity index (χ3n) is 0. The van der Waals surface area contributed by atoms with Crippen LogP contribution in [0.2, 0.25) is 0 Å². The second-order valence-electron chi connectivity index (χ2n) is 0.226. The van der Waals surface area contributed by atoms with Gasteiger partial charge in [0, 0.05) is 0 Å². The summed E-state index contributed by atoms with van der Waals surface area (Å²) in [5.74, 6) is 0. The van der Waals surface area contributed by atoms with Gasteiger partial charge in [0.15, 0.2) is 0 Å². The van der Waals surface area contributed by atoms with Gasteiger partial charge in [0.1, 0.15) is 0 Å². The first kappa shape index (κ1) is 4.25. The molecule has 3 heteroatoms. The van der Waals surface area contributed by atoms with Crippen LogP contribution in [0.3, 0.4) is 0 Å². The van der Waals surface area contributed by atoms with E-state index < -0.39 is 4.93 Å². The third kappa shape index (κ3) is 56.4. The summed E-state index contributed by atoms with van der Waals surface area (Å²) >= 11 is 1.49. The van der Waals surface area contributed by atoms with Crippen LogP contribution in [0, 0.1) is 0 Å². The Kier molecular flexibility index (Phi) is 1.65.